The van der Waals surface area contributed by atoms with Crippen molar-refractivity contribution in [2.45, 2.75) is 0 Å². The average Bonchev–Trinajstić information content (AvgIpc) is 2.76. The van der Waals surface area contributed by atoms with E-state index in [0.29, 0.717) is 11.1 Å². The molecule has 0 aliphatic rings. The van der Waals surface area contributed by atoms with Crippen LogP contribution in [0.25, 0.3) is 43.8 Å². The van der Waals surface area contributed by atoms with Crippen LogP contribution in [0.15, 0.2) is 84.9 Å². The van der Waals surface area contributed by atoms with E-state index >= 15 is 0 Å². The first kappa shape index (κ1) is 18.4. The standard InChI is InChI=1S/C26H14F4/c27-21-11-9-15(13-23(21)29)25-17-5-1-2-6-18(17)26(20-8-4-3-7-19(20)25)16-10-12-22(28)24(30)14-16/h1-14H. The third kappa shape index (κ3) is 2.84. The van der Waals surface area contributed by atoms with Gasteiger partial charge in [0, 0.05) is 0 Å². The first-order chi connectivity index (χ1) is 14.5. The summed E-state index contributed by atoms with van der Waals surface area (Å²) in [7, 11) is 0. The summed E-state index contributed by atoms with van der Waals surface area (Å²) in [5.74, 6) is -3.67. The van der Waals surface area contributed by atoms with Crippen LogP contribution in [0.4, 0.5) is 17.6 Å². The van der Waals surface area contributed by atoms with Crippen LogP contribution < -0.4 is 0 Å². The van der Waals surface area contributed by atoms with Crippen LogP contribution in [-0.4, -0.2) is 0 Å². The topological polar surface area (TPSA) is 0 Å². The quantitative estimate of drug-likeness (QED) is 0.208. The van der Waals surface area contributed by atoms with E-state index in [1.165, 1.54) is 12.1 Å². The molecule has 0 spiro atoms. The maximum atomic E-state index is 14.0. The van der Waals surface area contributed by atoms with E-state index in [2.05, 4.69) is 0 Å². The maximum absolute atomic E-state index is 14.0. The second-order valence-corrected chi connectivity index (χ2v) is 7.10. The van der Waals surface area contributed by atoms with Gasteiger partial charge in [-0.1, -0.05) is 60.7 Å². The van der Waals surface area contributed by atoms with Crippen LogP contribution in [0.3, 0.4) is 0 Å². The van der Waals surface area contributed by atoms with E-state index in [0.717, 1.165) is 44.8 Å². The summed E-state index contributed by atoms with van der Waals surface area (Å²) in [6, 6.07) is 22.7. The molecular formula is C26H14F4. The van der Waals surface area contributed by atoms with Gasteiger partial charge in [-0.25, -0.2) is 17.6 Å². The molecular weight excluding hydrogens is 388 g/mol. The van der Waals surface area contributed by atoms with Crippen LogP contribution in [0, 0.1) is 23.3 Å². The second-order valence-electron chi connectivity index (χ2n) is 7.10. The molecule has 0 amide bonds. The molecule has 0 saturated carbocycles. The van der Waals surface area contributed by atoms with Crippen LogP contribution >= 0.6 is 0 Å². The molecule has 4 heteroatoms. The highest BCUT2D eigenvalue weighted by atomic mass is 19.2. The van der Waals surface area contributed by atoms with Gasteiger partial charge in [-0.05, 0) is 68.1 Å². The van der Waals surface area contributed by atoms with Crippen molar-refractivity contribution in [3.05, 3.63) is 108 Å². The maximum Gasteiger partial charge on any atom is 0.159 e. The van der Waals surface area contributed by atoms with Crippen LogP contribution in [0.5, 0.6) is 0 Å². The van der Waals surface area contributed by atoms with Gasteiger partial charge in [-0.3, -0.25) is 0 Å². The predicted molar refractivity (Wildman–Crippen MR) is 112 cm³/mol. The first-order valence-electron chi connectivity index (χ1n) is 9.39. The fourth-order valence-corrected chi connectivity index (χ4v) is 4.05. The highest BCUT2D eigenvalue weighted by molar-refractivity contribution is 6.21. The summed E-state index contributed by atoms with van der Waals surface area (Å²) in [5.41, 5.74) is 2.59. The molecule has 5 rings (SSSR count). The molecule has 0 heterocycles. The van der Waals surface area contributed by atoms with Gasteiger partial charge in [-0.15, -0.1) is 0 Å². The van der Waals surface area contributed by atoms with Crippen LogP contribution in [0.2, 0.25) is 0 Å². The lowest BCUT2D eigenvalue weighted by Crippen LogP contribution is -1.93. The van der Waals surface area contributed by atoms with E-state index in [1.807, 2.05) is 48.5 Å². The van der Waals surface area contributed by atoms with Gasteiger partial charge in [0.2, 0.25) is 0 Å². The van der Waals surface area contributed by atoms with Gasteiger partial charge in [0.1, 0.15) is 0 Å². The molecule has 0 aromatic heterocycles. The largest absolute Gasteiger partial charge is 0.204 e. The summed E-state index contributed by atoms with van der Waals surface area (Å²) in [5, 5.41) is 3.23. The molecule has 0 nitrogen and oxygen atoms in total. The molecule has 0 saturated heterocycles. The molecule has 30 heavy (non-hydrogen) atoms. The Bertz CT molecular complexity index is 1270. The van der Waals surface area contributed by atoms with Gasteiger partial charge in [0.05, 0.1) is 0 Å². The van der Waals surface area contributed by atoms with E-state index in [1.54, 1.807) is 12.1 Å². The number of halogens is 4. The zero-order chi connectivity index (χ0) is 20.8. The summed E-state index contributed by atoms with van der Waals surface area (Å²) < 4.78 is 55.2. The minimum atomic E-state index is -0.926. The first-order valence-corrected chi connectivity index (χ1v) is 9.39. The minimum Gasteiger partial charge on any atom is -0.204 e. The molecule has 0 N–H and O–H groups in total. The number of benzene rings is 5. The van der Waals surface area contributed by atoms with Gasteiger partial charge < -0.3 is 0 Å². The van der Waals surface area contributed by atoms with E-state index < -0.39 is 23.3 Å². The monoisotopic (exact) mass is 402 g/mol. The second kappa shape index (κ2) is 6.99. The number of fused-ring (bicyclic) bond motifs is 2. The van der Waals surface area contributed by atoms with Crippen LogP contribution in [0.1, 0.15) is 0 Å². The van der Waals surface area contributed by atoms with Crippen molar-refractivity contribution in [3.63, 3.8) is 0 Å². The van der Waals surface area contributed by atoms with Crippen molar-refractivity contribution >= 4 is 21.5 Å². The molecule has 5 aromatic carbocycles. The van der Waals surface area contributed by atoms with Crippen molar-refractivity contribution in [2.75, 3.05) is 0 Å². The summed E-state index contributed by atoms with van der Waals surface area (Å²) >= 11 is 0. The normalized spacial score (nSPS) is 11.3. The zero-order valence-electron chi connectivity index (χ0n) is 15.6. The molecule has 0 bridgehead atoms. The van der Waals surface area contributed by atoms with E-state index in [4.69, 9.17) is 0 Å². The smallest absolute Gasteiger partial charge is 0.159 e. The van der Waals surface area contributed by atoms with Crippen molar-refractivity contribution in [3.8, 4) is 22.3 Å². The summed E-state index contributed by atoms with van der Waals surface area (Å²) in [6.45, 7) is 0. The Morgan fingerprint density at radius 3 is 1.00 bits per heavy atom. The van der Waals surface area contributed by atoms with Crippen molar-refractivity contribution in [2.24, 2.45) is 0 Å². The van der Waals surface area contributed by atoms with Crippen molar-refractivity contribution in [1.82, 2.24) is 0 Å². The Labute approximate surface area is 170 Å². The fraction of sp³-hybridized carbons (Fsp3) is 0. The molecule has 146 valence electrons. The Balaban J connectivity index is 1.96. The Morgan fingerprint density at radius 1 is 0.367 bits per heavy atom. The van der Waals surface area contributed by atoms with Crippen molar-refractivity contribution in [1.29, 1.82) is 0 Å². The molecule has 0 fully saturated rings. The van der Waals surface area contributed by atoms with Gasteiger partial charge >= 0.3 is 0 Å². The third-order valence-corrected chi connectivity index (χ3v) is 5.35. The lowest BCUT2D eigenvalue weighted by atomic mass is 9.86. The summed E-state index contributed by atoms with van der Waals surface area (Å²) in [6.07, 6.45) is 0. The molecule has 0 radical (unpaired) electrons. The highest BCUT2D eigenvalue weighted by Gasteiger charge is 2.18. The van der Waals surface area contributed by atoms with Gasteiger partial charge in [-0.2, -0.15) is 0 Å². The number of rotatable bonds is 2. The SMILES string of the molecule is Fc1ccc(-c2c3ccccc3c(-c3ccc(F)c(F)c3)c3ccccc23)cc1F. The molecule has 0 aliphatic heterocycles. The van der Waals surface area contributed by atoms with Gasteiger partial charge in [0.25, 0.3) is 0 Å². The third-order valence-electron chi connectivity index (χ3n) is 5.35. The van der Waals surface area contributed by atoms with E-state index in [-0.39, 0.29) is 0 Å². The Hall–Kier alpha value is -3.66. The molecule has 0 unspecified atom stereocenters. The number of hydrogen-bond acceptors (Lipinski definition) is 0. The van der Waals surface area contributed by atoms with Crippen molar-refractivity contribution < 1.29 is 17.6 Å². The Morgan fingerprint density at radius 2 is 0.700 bits per heavy atom. The predicted octanol–water partition coefficient (Wildman–Crippen LogP) is 7.88. The van der Waals surface area contributed by atoms with Gasteiger partial charge in [0.15, 0.2) is 23.3 Å². The Kier molecular flexibility index (Phi) is 4.28. The summed E-state index contributed by atoms with van der Waals surface area (Å²) in [4.78, 5) is 0. The minimum absolute atomic E-state index is 0.540. The highest BCUT2D eigenvalue weighted by Crippen LogP contribution is 2.43. The zero-order valence-corrected chi connectivity index (χ0v) is 15.6. The van der Waals surface area contributed by atoms with E-state index in [9.17, 15) is 17.6 Å². The van der Waals surface area contributed by atoms with Crippen LogP contribution in [-0.2, 0) is 0 Å². The lowest BCUT2D eigenvalue weighted by molar-refractivity contribution is 0.509. The molecule has 0 atom stereocenters. The lowest BCUT2D eigenvalue weighted by Gasteiger charge is -2.17. The number of hydrogen-bond donors (Lipinski definition) is 0. The molecule has 5 aromatic rings. The fourth-order valence-electron chi connectivity index (χ4n) is 4.05. The molecule has 0 aliphatic carbocycles. The average molecular weight is 402 g/mol.